The average molecular weight is 259 g/mol. The number of aromatic nitrogens is 1. The van der Waals surface area contributed by atoms with Crippen LogP contribution in [0.3, 0.4) is 0 Å². The molecule has 1 saturated heterocycles. The lowest BCUT2D eigenvalue weighted by molar-refractivity contribution is 0.147. The van der Waals surface area contributed by atoms with Crippen LogP contribution in [-0.2, 0) is 13.0 Å². The van der Waals surface area contributed by atoms with Gasteiger partial charge in [0.15, 0.2) is 0 Å². The van der Waals surface area contributed by atoms with E-state index in [1.807, 2.05) is 19.2 Å². The summed E-state index contributed by atoms with van der Waals surface area (Å²) in [6.07, 6.45) is 3.46. The van der Waals surface area contributed by atoms with Gasteiger partial charge in [-0.3, -0.25) is 9.88 Å². The van der Waals surface area contributed by atoms with Crippen LogP contribution in [0.2, 0.25) is 0 Å². The molecule has 0 saturated carbocycles. The highest BCUT2D eigenvalue weighted by Gasteiger charge is 2.15. The van der Waals surface area contributed by atoms with E-state index in [9.17, 15) is 0 Å². The normalized spacial score (nSPS) is 17.6. The van der Waals surface area contributed by atoms with Gasteiger partial charge in [-0.25, -0.2) is 0 Å². The van der Waals surface area contributed by atoms with Crippen LogP contribution in [0, 0.1) is 11.5 Å². The van der Waals surface area contributed by atoms with E-state index >= 15 is 0 Å². The molecule has 0 spiro atoms. The zero-order valence-corrected chi connectivity index (χ0v) is 11.9. The maximum absolute atomic E-state index is 7.54. The molecule has 1 N–H and O–H groups in total. The van der Waals surface area contributed by atoms with Crippen LogP contribution in [0.15, 0.2) is 12.3 Å². The lowest BCUT2D eigenvalue weighted by Gasteiger charge is -2.32. The van der Waals surface area contributed by atoms with Crippen molar-refractivity contribution in [2.45, 2.75) is 26.3 Å². The Labute approximate surface area is 115 Å². The summed E-state index contributed by atoms with van der Waals surface area (Å²) in [5, 5.41) is 7.54. The van der Waals surface area contributed by atoms with E-state index in [0.717, 1.165) is 57.0 Å². The Kier molecular flexibility index (Phi) is 5.05. The minimum atomic E-state index is 0.719. The number of hydrogen-bond acceptors (Lipinski definition) is 4. The summed E-state index contributed by atoms with van der Waals surface area (Å²) in [6, 6.07) is 5.23. The lowest BCUT2D eigenvalue weighted by Crippen LogP contribution is -2.44. The number of hydrogen-bond donors (Lipinski definition) is 1. The van der Waals surface area contributed by atoms with Crippen LogP contribution in [0.5, 0.6) is 0 Å². The Morgan fingerprint density at radius 2 is 2.11 bits per heavy atom. The van der Waals surface area contributed by atoms with Crippen molar-refractivity contribution in [1.29, 1.82) is 5.41 Å². The minimum absolute atomic E-state index is 0.719. The highest BCUT2D eigenvalue weighted by Crippen LogP contribution is 2.12. The number of rotatable bonds is 5. The van der Waals surface area contributed by atoms with Gasteiger partial charge in [0.25, 0.3) is 0 Å². The van der Waals surface area contributed by atoms with Gasteiger partial charge in [-0.1, -0.05) is 0 Å². The van der Waals surface area contributed by atoms with Crippen LogP contribution in [0.1, 0.15) is 24.6 Å². The summed E-state index contributed by atoms with van der Waals surface area (Å²) in [4.78, 5) is 9.30. The van der Waals surface area contributed by atoms with Crippen molar-refractivity contribution < 1.29 is 0 Å². The van der Waals surface area contributed by atoms with Crippen molar-refractivity contribution in [2.24, 2.45) is 0 Å². The second kappa shape index (κ2) is 6.78. The first-order valence-electron chi connectivity index (χ1n) is 6.94. The van der Waals surface area contributed by atoms with Gasteiger partial charge >= 0.3 is 0 Å². The van der Waals surface area contributed by atoms with E-state index in [0.29, 0.717) is 0 Å². The number of aryl methyl sites for hydroxylation is 1. The topological polar surface area (TPSA) is 43.2 Å². The first-order valence-corrected chi connectivity index (χ1v) is 6.94. The molecular weight excluding hydrogens is 236 g/mol. The fourth-order valence-corrected chi connectivity index (χ4v) is 2.31. The highest BCUT2D eigenvalue weighted by atomic mass is 15.2. The van der Waals surface area contributed by atoms with Gasteiger partial charge in [0.1, 0.15) is 0 Å². The van der Waals surface area contributed by atoms with E-state index in [1.54, 1.807) is 0 Å². The van der Waals surface area contributed by atoms with Crippen molar-refractivity contribution in [1.82, 2.24) is 14.8 Å². The minimum Gasteiger partial charge on any atom is -0.310 e. The first kappa shape index (κ1) is 14.2. The van der Waals surface area contributed by atoms with E-state index in [2.05, 4.69) is 27.9 Å². The molecule has 103 valence electrons. The summed E-state index contributed by atoms with van der Waals surface area (Å²) in [7, 11) is 2.17. The molecule has 19 heavy (non-hydrogen) atoms. The van der Waals surface area contributed by atoms with Gasteiger partial charge in [-0.05, 0) is 44.5 Å². The van der Waals surface area contributed by atoms with Crippen molar-refractivity contribution in [3.63, 3.8) is 0 Å². The van der Waals surface area contributed by atoms with Crippen LogP contribution in [0.25, 0.3) is 0 Å². The number of piperazine rings is 1. The van der Waals surface area contributed by atoms with Crippen molar-refractivity contribution in [3.8, 4) is 0 Å². The zero-order chi connectivity index (χ0) is 13.7. The Morgan fingerprint density at radius 3 is 2.79 bits per heavy atom. The van der Waals surface area contributed by atoms with Gasteiger partial charge in [0, 0.05) is 50.3 Å². The molecular formula is C15H23N4. The molecule has 1 fully saturated rings. The molecule has 2 rings (SSSR count). The van der Waals surface area contributed by atoms with Crippen LogP contribution >= 0.6 is 0 Å². The van der Waals surface area contributed by atoms with Gasteiger partial charge < -0.3 is 10.3 Å². The molecule has 0 unspecified atom stereocenters. The molecule has 4 nitrogen and oxygen atoms in total. The maximum atomic E-state index is 7.54. The summed E-state index contributed by atoms with van der Waals surface area (Å²) in [5.74, 6) is 0. The Morgan fingerprint density at radius 1 is 1.37 bits per heavy atom. The van der Waals surface area contributed by atoms with E-state index in [4.69, 9.17) is 5.41 Å². The standard InChI is InChI=1S/C15H23N4/c1-13(16)5-6-15-14(4-3-7-17-15)12-19-10-8-18(2)9-11-19/h3,7,16H,5-6,8-12H2,1-2H3. The average Bonchev–Trinajstić information content (AvgIpc) is 2.40. The molecule has 0 amide bonds. The fraction of sp³-hybridized carbons (Fsp3) is 0.600. The van der Waals surface area contributed by atoms with E-state index in [-0.39, 0.29) is 0 Å². The second-order valence-electron chi connectivity index (χ2n) is 5.37. The van der Waals surface area contributed by atoms with Gasteiger partial charge in [-0.15, -0.1) is 0 Å². The molecule has 1 radical (unpaired) electrons. The third-order valence-corrected chi connectivity index (χ3v) is 3.63. The number of likely N-dealkylation sites (N-methyl/N-ethyl adjacent to an activating group) is 1. The van der Waals surface area contributed by atoms with Crippen LogP contribution < -0.4 is 0 Å². The van der Waals surface area contributed by atoms with Gasteiger partial charge in [0.2, 0.25) is 0 Å². The SMILES string of the molecule is CC(=N)CCc1ncc[c]c1CN1CCN(C)CC1. The summed E-state index contributed by atoms with van der Waals surface area (Å²) < 4.78 is 0. The van der Waals surface area contributed by atoms with Gasteiger partial charge in [0.05, 0.1) is 0 Å². The largest absolute Gasteiger partial charge is 0.310 e. The number of nitrogens with one attached hydrogen (secondary N) is 1. The Bertz CT molecular complexity index is 422. The number of nitrogens with zero attached hydrogens (tertiary/aromatic N) is 3. The maximum Gasteiger partial charge on any atom is 0.0458 e. The van der Waals surface area contributed by atoms with Crippen LogP contribution in [0.4, 0.5) is 0 Å². The van der Waals surface area contributed by atoms with E-state index < -0.39 is 0 Å². The molecule has 0 aliphatic carbocycles. The van der Waals surface area contributed by atoms with Crippen molar-refractivity contribution in [3.05, 3.63) is 29.6 Å². The first-order chi connectivity index (χ1) is 9.15. The molecule has 1 aromatic rings. The molecule has 0 atom stereocenters. The van der Waals surface area contributed by atoms with E-state index in [1.165, 1.54) is 5.56 Å². The fourth-order valence-electron chi connectivity index (χ4n) is 2.31. The smallest absolute Gasteiger partial charge is 0.0458 e. The Balaban J connectivity index is 1.97. The quantitative estimate of drug-likeness (QED) is 0.817. The summed E-state index contributed by atoms with van der Waals surface area (Å²) >= 11 is 0. The molecule has 1 aliphatic rings. The highest BCUT2D eigenvalue weighted by molar-refractivity contribution is 5.78. The predicted molar refractivity (Wildman–Crippen MR) is 77.6 cm³/mol. The summed E-state index contributed by atoms with van der Waals surface area (Å²) in [6.45, 7) is 7.29. The van der Waals surface area contributed by atoms with Crippen LogP contribution in [-0.4, -0.2) is 53.7 Å². The predicted octanol–water partition coefficient (Wildman–Crippen LogP) is 1.60. The third kappa shape index (κ3) is 4.40. The second-order valence-corrected chi connectivity index (χ2v) is 5.37. The lowest BCUT2D eigenvalue weighted by atomic mass is 10.1. The zero-order valence-electron chi connectivity index (χ0n) is 11.9. The molecule has 1 aromatic heterocycles. The third-order valence-electron chi connectivity index (χ3n) is 3.63. The molecule has 1 aliphatic heterocycles. The molecule has 0 bridgehead atoms. The molecule has 2 heterocycles. The van der Waals surface area contributed by atoms with Crippen molar-refractivity contribution in [2.75, 3.05) is 33.2 Å². The molecule has 4 heteroatoms. The van der Waals surface area contributed by atoms with Gasteiger partial charge in [-0.2, -0.15) is 0 Å². The number of pyridine rings is 1. The van der Waals surface area contributed by atoms with Crippen molar-refractivity contribution >= 4 is 5.71 Å². The monoisotopic (exact) mass is 259 g/mol. The Hall–Kier alpha value is -1.26. The molecule has 0 aromatic carbocycles. The summed E-state index contributed by atoms with van der Waals surface area (Å²) in [5.41, 5.74) is 3.03.